The van der Waals surface area contributed by atoms with Gasteiger partial charge in [0.25, 0.3) is 0 Å². The number of carbonyl (C=O) groups excluding carboxylic acids is 1. The summed E-state index contributed by atoms with van der Waals surface area (Å²) in [5.41, 5.74) is 0.447. The first-order chi connectivity index (χ1) is 12.3. The number of rotatable bonds is 4. The van der Waals surface area contributed by atoms with Crippen molar-refractivity contribution >= 4 is 12.1 Å². The molecule has 144 valence electrons. The van der Waals surface area contributed by atoms with Crippen LogP contribution in [-0.4, -0.2) is 53.3 Å². The van der Waals surface area contributed by atoms with Gasteiger partial charge in [0.05, 0.1) is 12.6 Å². The minimum atomic E-state index is -0.500. The Morgan fingerprint density at radius 2 is 2.19 bits per heavy atom. The van der Waals surface area contributed by atoms with Gasteiger partial charge in [0.2, 0.25) is 0 Å². The van der Waals surface area contributed by atoms with Crippen LogP contribution < -0.4 is 10.6 Å². The van der Waals surface area contributed by atoms with Gasteiger partial charge in [0.15, 0.2) is 5.96 Å². The lowest BCUT2D eigenvalue weighted by Crippen LogP contribution is -2.44. The van der Waals surface area contributed by atoms with Crippen LogP contribution in [0, 0.1) is 0 Å². The lowest BCUT2D eigenvalue weighted by Gasteiger charge is -2.23. The van der Waals surface area contributed by atoms with Crippen molar-refractivity contribution in [1.82, 2.24) is 15.5 Å². The normalized spacial score (nSPS) is 17.9. The Kier molecular flexibility index (Phi) is 6.71. The van der Waals surface area contributed by atoms with Gasteiger partial charge in [0, 0.05) is 19.6 Å². The Labute approximate surface area is 155 Å². The number of guanidine groups is 1. The van der Waals surface area contributed by atoms with Gasteiger partial charge in [0.1, 0.15) is 11.4 Å². The van der Waals surface area contributed by atoms with Gasteiger partial charge < -0.3 is 25.4 Å². The maximum atomic E-state index is 11.9. The SMILES string of the molecule is CCNC(=NCc1cccc(O)c1)N1CCC(NC(=O)OC(C)(C)C)C1. The summed E-state index contributed by atoms with van der Waals surface area (Å²) in [7, 11) is 0. The van der Waals surface area contributed by atoms with Crippen LogP contribution in [0.1, 0.15) is 39.7 Å². The third kappa shape index (κ3) is 6.46. The third-order valence-electron chi connectivity index (χ3n) is 3.87. The Bertz CT molecular complexity index is 640. The molecule has 0 aliphatic carbocycles. The number of aromatic hydroxyl groups is 1. The zero-order valence-electron chi connectivity index (χ0n) is 16.1. The fourth-order valence-corrected chi connectivity index (χ4v) is 2.79. The average Bonchev–Trinajstić information content (AvgIpc) is 2.97. The molecular weight excluding hydrogens is 332 g/mol. The molecule has 1 heterocycles. The van der Waals surface area contributed by atoms with Crippen LogP contribution >= 0.6 is 0 Å². The van der Waals surface area contributed by atoms with Crippen LogP contribution in [0.25, 0.3) is 0 Å². The third-order valence-corrected chi connectivity index (χ3v) is 3.87. The van der Waals surface area contributed by atoms with Crippen molar-refractivity contribution in [3.05, 3.63) is 29.8 Å². The van der Waals surface area contributed by atoms with Crippen LogP contribution in [-0.2, 0) is 11.3 Å². The van der Waals surface area contributed by atoms with Crippen molar-refractivity contribution in [3.8, 4) is 5.75 Å². The van der Waals surface area contributed by atoms with E-state index < -0.39 is 5.60 Å². The molecule has 1 amide bonds. The van der Waals surface area contributed by atoms with E-state index >= 15 is 0 Å². The van der Waals surface area contributed by atoms with E-state index in [9.17, 15) is 9.90 Å². The molecule has 1 aliphatic rings. The second-order valence-corrected chi connectivity index (χ2v) is 7.42. The smallest absolute Gasteiger partial charge is 0.407 e. The molecule has 0 saturated carbocycles. The number of likely N-dealkylation sites (tertiary alicyclic amines) is 1. The van der Waals surface area contributed by atoms with E-state index in [2.05, 4.69) is 20.5 Å². The number of aliphatic imine (C=N–C) groups is 1. The predicted molar refractivity (Wildman–Crippen MR) is 102 cm³/mol. The van der Waals surface area contributed by atoms with Crippen molar-refractivity contribution in [3.63, 3.8) is 0 Å². The molecule has 3 N–H and O–H groups in total. The van der Waals surface area contributed by atoms with Crippen LogP contribution in [0.2, 0.25) is 0 Å². The highest BCUT2D eigenvalue weighted by Gasteiger charge is 2.27. The molecule has 1 aromatic rings. The van der Waals surface area contributed by atoms with Gasteiger partial charge in [-0.3, -0.25) is 0 Å². The highest BCUT2D eigenvalue weighted by atomic mass is 16.6. The lowest BCUT2D eigenvalue weighted by molar-refractivity contribution is 0.0507. The van der Waals surface area contributed by atoms with E-state index in [4.69, 9.17) is 4.74 Å². The summed E-state index contributed by atoms with van der Waals surface area (Å²) in [5.74, 6) is 1.05. The summed E-state index contributed by atoms with van der Waals surface area (Å²) in [6.07, 6.45) is 0.460. The molecule has 1 fully saturated rings. The molecule has 0 radical (unpaired) electrons. The standard InChI is InChI=1S/C19H30N4O3/c1-5-20-17(21-12-14-7-6-8-16(24)11-14)23-10-9-15(13-23)22-18(25)26-19(2,3)4/h6-8,11,15,24H,5,9-10,12-13H2,1-4H3,(H,20,21)(H,22,25). The van der Waals surface area contributed by atoms with Crippen LogP contribution in [0.3, 0.4) is 0 Å². The molecule has 1 atom stereocenters. The minimum absolute atomic E-state index is 0.0366. The van der Waals surface area contributed by atoms with Crippen molar-refractivity contribution in [1.29, 1.82) is 0 Å². The molecule has 0 spiro atoms. The Morgan fingerprint density at radius 3 is 2.85 bits per heavy atom. The summed E-state index contributed by atoms with van der Waals surface area (Å²) in [6, 6.07) is 7.14. The Morgan fingerprint density at radius 1 is 1.42 bits per heavy atom. The van der Waals surface area contributed by atoms with E-state index in [1.807, 2.05) is 39.8 Å². The first-order valence-corrected chi connectivity index (χ1v) is 9.07. The quantitative estimate of drug-likeness (QED) is 0.566. The highest BCUT2D eigenvalue weighted by molar-refractivity contribution is 5.80. The summed E-state index contributed by atoms with van der Waals surface area (Å²) < 4.78 is 5.32. The van der Waals surface area contributed by atoms with Gasteiger partial charge in [-0.1, -0.05) is 12.1 Å². The van der Waals surface area contributed by atoms with Gasteiger partial charge >= 0.3 is 6.09 Å². The minimum Gasteiger partial charge on any atom is -0.508 e. The molecule has 1 aliphatic heterocycles. The highest BCUT2D eigenvalue weighted by Crippen LogP contribution is 2.14. The summed E-state index contributed by atoms with van der Waals surface area (Å²) in [4.78, 5) is 18.7. The molecule has 2 rings (SSSR count). The molecular formula is C19H30N4O3. The van der Waals surface area contributed by atoms with E-state index in [-0.39, 0.29) is 17.9 Å². The number of phenolic OH excluding ortho intramolecular Hbond substituents is 1. The molecule has 7 nitrogen and oxygen atoms in total. The van der Waals surface area contributed by atoms with Gasteiger partial charge in [-0.05, 0) is 51.8 Å². The van der Waals surface area contributed by atoms with Crippen molar-refractivity contribution in [2.24, 2.45) is 4.99 Å². The zero-order valence-corrected chi connectivity index (χ0v) is 16.1. The Balaban J connectivity index is 1.94. The monoisotopic (exact) mass is 362 g/mol. The fraction of sp³-hybridized carbons (Fsp3) is 0.579. The summed E-state index contributed by atoms with van der Waals surface area (Å²) in [5, 5.41) is 15.8. The second kappa shape index (κ2) is 8.78. The average molecular weight is 362 g/mol. The lowest BCUT2D eigenvalue weighted by atomic mass is 10.2. The van der Waals surface area contributed by atoms with Crippen molar-refractivity contribution in [2.45, 2.75) is 52.3 Å². The number of benzene rings is 1. The number of ether oxygens (including phenoxy) is 1. The molecule has 7 heteroatoms. The first-order valence-electron chi connectivity index (χ1n) is 9.07. The number of amides is 1. The topological polar surface area (TPSA) is 86.2 Å². The largest absolute Gasteiger partial charge is 0.508 e. The molecule has 0 bridgehead atoms. The van der Waals surface area contributed by atoms with Crippen LogP contribution in [0.5, 0.6) is 5.75 Å². The predicted octanol–water partition coefficient (Wildman–Crippen LogP) is 2.46. The van der Waals surface area contributed by atoms with E-state index in [1.54, 1.807) is 12.1 Å². The zero-order chi connectivity index (χ0) is 19.2. The van der Waals surface area contributed by atoms with E-state index in [1.165, 1.54) is 0 Å². The summed E-state index contributed by atoms with van der Waals surface area (Å²) in [6.45, 7) is 10.3. The maximum Gasteiger partial charge on any atom is 0.407 e. The van der Waals surface area contributed by atoms with Gasteiger partial charge in [-0.15, -0.1) is 0 Å². The number of nitrogens with zero attached hydrogens (tertiary/aromatic N) is 2. The number of phenols is 1. The van der Waals surface area contributed by atoms with Crippen molar-refractivity contribution < 1.29 is 14.6 Å². The number of alkyl carbamates (subject to hydrolysis) is 1. The number of hydrogen-bond donors (Lipinski definition) is 3. The second-order valence-electron chi connectivity index (χ2n) is 7.42. The van der Waals surface area contributed by atoms with E-state index in [0.717, 1.165) is 31.0 Å². The number of carbonyl (C=O) groups is 1. The Hall–Kier alpha value is -2.44. The molecule has 1 saturated heterocycles. The molecule has 1 aromatic carbocycles. The van der Waals surface area contributed by atoms with Crippen LogP contribution in [0.4, 0.5) is 4.79 Å². The van der Waals surface area contributed by atoms with Crippen molar-refractivity contribution in [2.75, 3.05) is 19.6 Å². The first kappa shape index (κ1) is 19.9. The number of hydrogen-bond acceptors (Lipinski definition) is 4. The van der Waals surface area contributed by atoms with Crippen LogP contribution in [0.15, 0.2) is 29.3 Å². The van der Waals surface area contributed by atoms with Gasteiger partial charge in [-0.2, -0.15) is 0 Å². The summed E-state index contributed by atoms with van der Waals surface area (Å²) >= 11 is 0. The molecule has 1 unspecified atom stereocenters. The van der Waals surface area contributed by atoms with E-state index in [0.29, 0.717) is 13.1 Å². The molecule has 0 aromatic heterocycles. The fourth-order valence-electron chi connectivity index (χ4n) is 2.79. The molecule has 26 heavy (non-hydrogen) atoms. The van der Waals surface area contributed by atoms with Gasteiger partial charge in [-0.25, -0.2) is 9.79 Å². The maximum absolute atomic E-state index is 11.9. The number of nitrogens with one attached hydrogen (secondary N) is 2.